The molecule has 2 N–H and O–H groups in total. The lowest BCUT2D eigenvalue weighted by Crippen LogP contribution is -2.57. The van der Waals surface area contributed by atoms with Crippen LogP contribution in [0.2, 0.25) is 43.9 Å². The first kappa shape index (κ1) is 21.5. The van der Waals surface area contributed by atoms with Gasteiger partial charge in [-0.15, -0.1) is 0 Å². The van der Waals surface area contributed by atoms with E-state index < -0.39 is 25.2 Å². The minimum absolute atomic E-state index is 0.398. The van der Waals surface area contributed by atoms with Crippen LogP contribution >= 0.6 is 0 Å². The zero-order chi connectivity index (χ0) is 16.7. The van der Waals surface area contributed by atoms with Crippen LogP contribution in [0.25, 0.3) is 0 Å². The highest BCUT2D eigenvalue weighted by Gasteiger charge is 2.50. The zero-order valence-corrected chi connectivity index (χ0v) is 18.4. The van der Waals surface area contributed by atoms with Crippen LogP contribution in [0.4, 0.5) is 0 Å². The average molecular weight is 352 g/mol. The predicted octanol–water partition coefficient (Wildman–Crippen LogP) is 3.84. The molecule has 4 nitrogen and oxygen atoms in total. The zero-order valence-electron chi connectivity index (χ0n) is 15.4. The average Bonchev–Trinajstić information content (AvgIpc) is 2.35. The Labute approximate surface area is 135 Å². The van der Waals surface area contributed by atoms with E-state index in [2.05, 4.69) is 39.7 Å². The van der Waals surface area contributed by atoms with Crippen LogP contribution in [0.15, 0.2) is 0 Å². The van der Waals surface area contributed by atoms with Crippen LogP contribution < -0.4 is 5.73 Å². The van der Waals surface area contributed by atoms with Gasteiger partial charge in [-0.1, -0.05) is 6.92 Å². The van der Waals surface area contributed by atoms with Crippen molar-refractivity contribution >= 4 is 25.2 Å². The standard InChI is InChI=1S/C14H37NO3Si3/c1-9-16-21(8,17-10-2)14(3)20(6,7)18-19(4,5)13-11-12-15/h14H,9-13,15H2,1-8H3. The topological polar surface area (TPSA) is 53.7 Å². The van der Waals surface area contributed by atoms with Gasteiger partial charge in [0.05, 0.1) is 0 Å². The molecule has 0 heterocycles. The van der Waals surface area contributed by atoms with Gasteiger partial charge in [-0.2, -0.15) is 0 Å². The fraction of sp³-hybridized carbons (Fsp3) is 1.00. The van der Waals surface area contributed by atoms with Crippen molar-refractivity contribution in [3.05, 3.63) is 0 Å². The van der Waals surface area contributed by atoms with Gasteiger partial charge >= 0.3 is 8.56 Å². The second-order valence-electron chi connectivity index (χ2n) is 6.96. The van der Waals surface area contributed by atoms with Crippen molar-refractivity contribution in [3.63, 3.8) is 0 Å². The van der Waals surface area contributed by atoms with Crippen LogP contribution in [-0.2, 0) is 13.0 Å². The molecule has 1 atom stereocenters. The highest BCUT2D eigenvalue weighted by Crippen LogP contribution is 2.36. The summed E-state index contributed by atoms with van der Waals surface area (Å²) in [5.41, 5.74) is 5.65. The lowest BCUT2D eigenvalue weighted by molar-refractivity contribution is 0.185. The van der Waals surface area contributed by atoms with E-state index >= 15 is 0 Å². The fourth-order valence-electron chi connectivity index (χ4n) is 2.88. The van der Waals surface area contributed by atoms with Crippen molar-refractivity contribution < 1.29 is 13.0 Å². The van der Waals surface area contributed by atoms with E-state index in [0.29, 0.717) is 18.4 Å². The summed E-state index contributed by atoms with van der Waals surface area (Å²) in [6.45, 7) is 20.0. The van der Waals surface area contributed by atoms with Gasteiger partial charge in [0, 0.05) is 18.4 Å². The molecule has 7 heteroatoms. The first-order valence-electron chi connectivity index (χ1n) is 8.22. The lowest BCUT2D eigenvalue weighted by atomic mass is 10.5. The van der Waals surface area contributed by atoms with Crippen LogP contribution in [-0.4, -0.2) is 45.0 Å². The lowest BCUT2D eigenvalue weighted by Gasteiger charge is -2.43. The second-order valence-corrected chi connectivity index (χ2v) is 19.9. The fourth-order valence-corrected chi connectivity index (χ4v) is 18.6. The molecule has 0 bridgehead atoms. The van der Waals surface area contributed by atoms with Gasteiger partial charge in [0.25, 0.3) is 0 Å². The Bertz CT molecular complexity index is 295. The van der Waals surface area contributed by atoms with Gasteiger partial charge in [0.1, 0.15) is 0 Å². The minimum atomic E-state index is -2.18. The quantitative estimate of drug-likeness (QED) is 0.575. The SMILES string of the molecule is CCO[Si](C)(OCC)C(C)[Si](C)(C)O[Si](C)(C)CCCN. The van der Waals surface area contributed by atoms with Crippen molar-refractivity contribution in [2.75, 3.05) is 19.8 Å². The van der Waals surface area contributed by atoms with Crippen molar-refractivity contribution in [1.29, 1.82) is 0 Å². The maximum absolute atomic E-state index is 6.72. The van der Waals surface area contributed by atoms with Gasteiger partial charge in [-0.3, -0.25) is 0 Å². The van der Waals surface area contributed by atoms with Crippen LogP contribution in [0.5, 0.6) is 0 Å². The Balaban J connectivity index is 5.01. The maximum Gasteiger partial charge on any atom is 0.337 e. The maximum atomic E-state index is 6.72. The van der Waals surface area contributed by atoms with E-state index in [4.69, 9.17) is 18.7 Å². The summed E-state index contributed by atoms with van der Waals surface area (Å²) in [5.74, 6) is 0. The molecule has 0 aliphatic rings. The van der Waals surface area contributed by atoms with Crippen molar-refractivity contribution in [1.82, 2.24) is 0 Å². The molecule has 0 saturated heterocycles. The van der Waals surface area contributed by atoms with E-state index in [9.17, 15) is 0 Å². The third kappa shape index (κ3) is 7.06. The monoisotopic (exact) mass is 351 g/mol. The van der Waals surface area contributed by atoms with Gasteiger partial charge in [0.2, 0.25) is 0 Å². The van der Waals surface area contributed by atoms with Crippen LogP contribution in [0.3, 0.4) is 0 Å². The van der Waals surface area contributed by atoms with Gasteiger partial charge < -0.3 is 18.7 Å². The molecular formula is C14H37NO3Si3. The molecule has 0 aromatic carbocycles. The Kier molecular flexibility index (Phi) is 9.16. The molecule has 0 amide bonds. The Morgan fingerprint density at radius 3 is 1.81 bits per heavy atom. The number of nitrogens with two attached hydrogens (primary N) is 1. The van der Waals surface area contributed by atoms with Crippen molar-refractivity contribution in [2.45, 2.75) is 71.1 Å². The molecule has 0 aliphatic carbocycles. The van der Waals surface area contributed by atoms with Crippen molar-refractivity contribution in [3.8, 4) is 0 Å². The molecule has 0 spiro atoms. The third-order valence-electron chi connectivity index (χ3n) is 4.21. The first-order valence-corrected chi connectivity index (χ1v) is 16.7. The summed E-state index contributed by atoms with van der Waals surface area (Å²) in [4.78, 5) is 0. The Hall–Kier alpha value is 0.491. The van der Waals surface area contributed by atoms with E-state index in [0.717, 1.165) is 19.0 Å². The molecule has 0 fully saturated rings. The summed E-state index contributed by atoms with van der Waals surface area (Å²) < 4.78 is 18.9. The molecule has 0 rings (SSSR count). The van der Waals surface area contributed by atoms with Crippen LogP contribution in [0, 0.1) is 0 Å². The number of hydrogen-bond acceptors (Lipinski definition) is 4. The van der Waals surface area contributed by atoms with Gasteiger partial charge in [-0.05, 0) is 65.6 Å². The molecule has 1 unspecified atom stereocenters. The predicted molar refractivity (Wildman–Crippen MR) is 98.8 cm³/mol. The highest BCUT2D eigenvalue weighted by atomic mass is 28.5. The molecule has 0 aromatic heterocycles. The molecule has 0 aromatic rings. The molecule has 21 heavy (non-hydrogen) atoms. The van der Waals surface area contributed by atoms with Crippen LogP contribution in [0.1, 0.15) is 27.2 Å². The van der Waals surface area contributed by atoms with E-state index in [1.54, 1.807) is 0 Å². The largest absolute Gasteiger partial charge is 0.455 e. The minimum Gasteiger partial charge on any atom is -0.455 e. The first-order chi connectivity index (χ1) is 9.54. The Morgan fingerprint density at radius 2 is 1.43 bits per heavy atom. The Morgan fingerprint density at radius 1 is 0.952 bits per heavy atom. The van der Waals surface area contributed by atoms with Gasteiger partial charge in [-0.25, -0.2) is 0 Å². The van der Waals surface area contributed by atoms with E-state index in [1.807, 2.05) is 13.8 Å². The normalized spacial score (nSPS) is 15.3. The second kappa shape index (κ2) is 8.95. The third-order valence-corrected chi connectivity index (χ3v) is 19.1. The molecule has 0 radical (unpaired) electrons. The summed E-state index contributed by atoms with van der Waals surface area (Å²) in [5, 5.41) is 0.398. The smallest absolute Gasteiger partial charge is 0.337 e. The summed E-state index contributed by atoms with van der Waals surface area (Å²) in [6, 6.07) is 1.13. The summed E-state index contributed by atoms with van der Waals surface area (Å²) in [6.07, 6.45) is 1.06. The van der Waals surface area contributed by atoms with E-state index in [1.165, 1.54) is 0 Å². The number of rotatable bonds is 11. The van der Waals surface area contributed by atoms with Crippen molar-refractivity contribution in [2.24, 2.45) is 5.73 Å². The molecule has 0 aliphatic heterocycles. The molecule has 128 valence electrons. The highest BCUT2D eigenvalue weighted by molar-refractivity contribution is 6.94. The number of hydrogen-bond donors (Lipinski definition) is 1. The van der Waals surface area contributed by atoms with Gasteiger partial charge in [0.15, 0.2) is 16.6 Å². The summed E-state index contributed by atoms with van der Waals surface area (Å²) >= 11 is 0. The summed E-state index contributed by atoms with van der Waals surface area (Å²) in [7, 11) is -5.71. The molecule has 0 saturated carbocycles. The molecular weight excluding hydrogens is 314 g/mol. The van der Waals surface area contributed by atoms with E-state index in [-0.39, 0.29) is 0 Å².